The number of esters is 1. The molecule has 10 heteroatoms. The van der Waals surface area contributed by atoms with Crippen molar-refractivity contribution in [1.29, 1.82) is 0 Å². The fourth-order valence-corrected chi connectivity index (χ4v) is 5.96. The Balaban J connectivity index is 1.64. The highest BCUT2D eigenvalue weighted by molar-refractivity contribution is 7.07. The maximum absolute atomic E-state index is 14.1. The molecule has 3 aromatic carbocycles. The Kier molecular flexibility index (Phi) is 9.30. The first kappa shape index (κ1) is 30.4. The molecule has 5 rings (SSSR count). The Bertz CT molecular complexity index is 1910. The third-order valence-corrected chi connectivity index (χ3v) is 8.00. The van der Waals surface area contributed by atoms with E-state index in [0.717, 1.165) is 11.1 Å². The van der Waals surface area contributed by atoms with Crippen LogP contribution in [0.15, 0.2) is 100 Å². The highest BCUT2D eigenvalue weighted by Gasteiger charge is 2.34. The first-order valence-corrected chi connectivity index (χ1v) is 14.6. The molecule has 9 nitrogen and oxygen atoms in total. The molecule has 0 saturated carbocycles. The van der Waals surface area contributed by atoms with Crippen molar-refractivity contribution in [2.75, 3.05) is 27.9 Å². The zero-order valence-corrected chi connectivity index (χ0v) is 25.7. The summed E-state index contributed by atoms with van der Waals surface area (Å²) in [7, 11) is 4.65. The Labute approximate surface area is 258 Å². The third kappa shape index (κ3) is 6.16. The summed E-state index contributed by atoms with van der Waals surface area (Å²) < 4.78 is 29.9. The Morgan fingerprint density at radius 3 is 2.36 bits per heavy atom. The van der Waals surface area contributed by atoms with Crippen LogP contribution in [0.5, 0.6) is 23.0 Å². The predicted molar refractivity (Wildman–Crippen MR) is 168 cm³/mol. The van der Waals surface area contributed by atoms with Gasteiger partial charge in [-0.25, -0.2) is 9.79 Å². The third-order valence-electron chi connectivity index (χ3n) is 7.02. The first-order chi connectivity index (χ1) is 21.4. The van der Waals surface area contributed by atoms with Gasteiger partial charge < -0.3 is 23.7 Å². The van der Waals surface area contributed by atoms with Gasteiger partial charge in [0.2, 0.25) is 0 Å². The van der Waals surface area contributed by atoms with E-state index in [-0.39, 0.29) is 24.3 Å². The fraction of sp³-hybridized carbons (Fsp3) is 0.206. The molecule has 4 aromatic rings. The van der Waals surface area contributed by atoms with Gasteiger partial charge in [-0.2, -0.15) is 0 Å². The minimum atomic E-state index is -0.829. The van der Waals surface area contributed by atoms with E-state index in [4.69, 9.17) is 28.7 Å². The van der Waals surface area contributed by atoms with E-state index >= 15 is 0 Å². The molecule has 1 aliphatic heterocycles. The summed E-state index contributed by atoms with van der Waals surface area (Å²) >= 11 is 1.23. The molecule has 1 aromatic heterocycles. The van der Waals surface area contributed by atoms with Crippen molar-refractivity contribution < 1.29 is 28.5 Å². The van der Waals surface area contributed by atoms with Crippen LogP contribution in [0.3, 0.4) is 0 Å². The number of hydrogen-bond acceptors (Lipinski definition) is 9. The zero-order valence-electron chi connectivity index (χ0n) is 24.9. The number of nitrogens with zero attached hydrogens (tertiary/aromatic N) is 2. The lowest BCUT2D eigenvalue weighted by Gasteiger charge is -2.25. The summed E-state index contributed by atoms with van der Waals surface area (Å²) in [4.78, 5) is 33.0. The Morgan fingerprint density at radius 1 is 0.955 bits per heavy atom. The number of hydrogen-bond donors (Lipinski definition) is 0. The van der Waals surface area contributed by atoms with E-state index < -0.39 is 12.0 Å². The number of carbonyl (C=O) groups excluding carboxylic acids is 1. The van der Waals surface area contributed by atoms with Crippen molar-refractivity contribution in [3.05, 3.63) is 127 Å². The summed E-state index contributed by atoms with van der Waals surface area (Å²) in [6.45, 7) is 5.81. The molecular formula is C34H32N2O7S. The number of carbonyl (C=O) groups is 1. The predicted octanol–water partition coefficient (Wildman–Crippen LogP) is 4.57. The number of fused-ring (bicyclic) bond motifs is 1. The molecule has 0 spiro atoms. The lowest BCUT2D eigenvalue weighted by Crippen LogP contribution is -2.39. The Morgan fingerprint density at radius 2 is 1.66 bits per heavy atom. The van der Waals surface area contributed by atoms with Crippen molar-refractivity contribution in [2.24, 2.45) is 4.99 Å². The van der Waals surface area contributed by atoms with Gasteiger partial charge in [-0.15, -0.1) is 0 Å². The quantitative estimate of drug-likeness (QED) is 0.181. The van der Waals surface area contributed by atoms with E-state index in [1.807, 2.05) is 36.4 Å². The number of benzene rings is 3. The van der Waals surface area contributed by atoms with Gasteiger partial charge in [-0.1, -0.05) is 66.5 Å². The molecule has 0 aliphatic carbocycles. The van der Waals surface area contributed by atoms with Gasteiger partial charge in [0, 0.05) is 0 Å². The van der Waals surface area contributed by atoms with Gasteiger partial charge in [0.25, 0.3) is 5.56 Å². The second-order valence-electron chi connectivity index (χ2n) is 9.77. The summed E-state index contributed by atoms with van der Waals surface area (Å²) in [5.41, 5.74) is 2.63. The molecule has 0 bridgehead atoms. The highest BCUT2D eigenvalue weighted by atomic mass is 32.1. The minimum Gasteiger partial charge on any atom is -0.493 e. The number of methoxy groups -OCH3 is 3. The summed E-state index contributed by atoms with van der Waals surface area (Å²) in [6.07, 6.45) is 3.40. The van der Waals surface area contributed by atoms with Gasteiger partial charge in [-0.05, 0) is 54.0 Å². The second-order valence-corrected chi connectivity index (χ2v) is 10.8. The van der Waals surface area contributed by atoms with Crippen molar-refractivity contribution in [3.63, 3.8) is 0 Å². The molecule has 2 heterocycles. The van der Waals surface area contributed by atoms with Crippen LogP contribution in [0.25, 0.3) is 6.08 Å². The average molecular weight is 613 g/mol. The number of allylic oxidation sites excluding steroid dienone is 1. The molecule has 44 heavy (non-hydrogen) atoms. The number of rotatable bonds is 11. The van der Waals surface area contributed by atoms with E-state index in [9.17, 15) is 9.59 Å². The summed E-state index contributed by atoms with van der Waals surface area (Å²) in [5, 5.41) is 0. The fourth-order valence-electron chi connectivity index (χ4n) is 4.92. The van der Waals surface area contributed by atoms with Crippen molar-refractivity contribution in [3.8, 4) is 23.0 Å². The standard InChI is InChI=1S/C34H32N2O7S/c1-6-16-42-26-15-13-24(19-28(26)41-5)31-30(33(38)43-20-22-10-8-7-9-11-22)21(2)35-34-36(31)32(37)29(44-34)18-23-12-14-25(39-3)27(17-23)40-4/h6-15,17-19,31H,1,16,20H2,2-5H3/b29-18-. The minimum absolute atomic E-state index is 0.0740. The number of ether oxygens (including phenoxy) is 5. The van der Waals surface area contributed by atoms with Crippen molar-refractivity contribution in [1.82, 2.24) is 4.57 Å². The lowest BCUT2D eigenvalue weighted by atomic mass is 9.95. The molecule has 0 radical (unpaired) electrons. The van der Waals surface area contributed by atoms with E-state index in [2.05, 4.69) is 6.58 Å². The van der Waals surface area contributed by atoms with E-state index in [0.29, 0.717) is 43.6 Å². The van der Waals surface area contributed by atoms with Crippen LogP contribution in [0, 0.1) is 0 Å². The molecule has 1 unspecified atom stereocenters. The van der Waals surface area contributed by atoms with Crippen LogP contribution in [0.1, 0.15) is 29.7 Å². The summed E-state index contributed by atoms with van der Waals surface area (Å²) in [5.74, 6) is 1.50. The molecule has 226 valence electrons. The highest BCUT2D eigenvalue weighted by Crippen LogP contribution is 2.36. The smallest absolute Gasteiger partial charge is 0.338 e. The first-order valence-electron chi connectivity index (χ1n) is 13.8. The monoisotopic (exact) mass is 612 g/mol. The number of thiazole rings is 1. The topological polar surface area (TPSA) is 97.6 Å². The van der Waals surface area contributed by atoms with Gasteiger partial charge in [-0.3, -0.25) is 9.36 Å². The normalized spacial score (nSPS) is 14.4. The van der Waals surface area contributed by atoms with E-state index in [1.165, 1.54) is 23.0 Å². The Hall–Kier alpha value is -5.09. The molecule has 0 fully saturated rings. The van der Waals surface area contributed by atoms with E-state index in [1.54, 1.807) is 63.6 Å². The maximum Gasteiger partial charge on any atom is 0.338 e. The average Bonchev–Trinajstić information content (AvgIpc) is 3.35. The van der Waals surface area contributed by atoms with Crippen LogP contribution in [0.2, 0.25) is 0 Å². The van der Waals surface area contributed by atoms with Gasteiger partial charge in [0.1, 0.15) is 13.2 Å². The van der Waals surface area contributed by atoms with Crippen molar-refractivity contribution >= 4 is 23.4 Å². The van der Waals surface area contributed by atoms with Crippen LogP contribution < -0.4 is 33.8 Å². The van der Waals surface area contributed by atoms with Crippen molar-refractivity contribution in [2.45, 2.75) is 19.6 Å². The molecule has 0 N–H and O–H groups in total. The lowest BCUT2D eigenvalue weighted by molar-refractivity contribution is -0.140. The molecule has 0 amide bonds. The van der Waals surface area contributed by atoms with Crippen LogP contribution in [-0.2, 0) is 16.1 Å². The molecule has 0 saturated heterocycles. The van der Waals surface area contributed by atoms with Gasteiger partial charge in [0.05, 0.1) is 43.2 Å². The molecule has 1 atom stereocenters. The molecular weight excluding hydrogens is 580 g/mol. The van der Waals surface area contributed by atoms with Crippen LogP contribution in [-0.4, -0.2) is 38.5 Å². The van der Waals surface area contributed by atoms with Crippen LogP contribution in [0.4, 0.5) is 0 Å². The van der Waals surface area contributed by atoms with Gasteiger partial charge in [0.15, 0.2) is 27.8 Å². The van der Waals surface area contributed by atoms with Gasteiger partial charge >= 0.3 is 5.97 Å². The summed E-state index contributed by atoms with van der Waals surface area (Å²) in [6, 6.07) is 19.3. The largest absolute Gasteiger partial charge is 0.493 e. The maximum atomic E-state index is 14.1. The second kappa shape index (κ2) is 13.5. The van der Waals surface area contributed by atoms with Crippen LogP contribution >= 0.6 is 11.3 Å². The SMILES string of the molecule is C=CCOc1ccc(C2C(C(=O)OCc3ccccc3)=C(C)N=c3s/c(=C\c4ccc(OC)c(OC)c4)c(=O)n32)cc1OC. The molecule has 1 aliphatic rings. The number of aromatic nitrogens is 1. The zero-order chi connectivity index (χ0) is 31.2.